The Labute approximate surface area is 472 Å². The third-order valence-electron chi connectivity index (χ3n) is 8.06. The van der Waals surface area contributed by atoms with Crippen molar-refractivity contribution in [3.05, 3.63) is 0 Å². The van der Waals surface area contributed by atoms with E-state index in [9.17, 15) is 0 Å². The molecule has 0 bridgehead atoms. The molecule has 0 aliphatic rings. The zero-order valence-corrected chi connectivity index (χ0v) is 54.4. The molecule has 1 N–H and O–H groups in total. The van der Waals surface area contributed by atoms with Crippen LogP contribution in [0, 0.1) is 0 Å². The Morgan fingerprint density at radius 2 is 0.487 bits per heavy atom. The summed E-state index contributed by atoms with van der Waals surface area (Å²) in [5.74, 6) is 0. The van der Waals surface area contributed by atoms with E-state index in [1.165, 1.54) is 12.8 Å². The van der Waals surface area contributed by atoms with E-state index in [0.717, 1.165) is 71.7 Å². The molecule has 0 spiro atoms. The zero-order valence-electron chi connectivity index (χ0n) is 54.4. The van der Waals surface area contributed by atoms with Crippen molar-refractivity contribution in [3.63, 3.8) is 0 Å². The lowest BCUT2D eigenvalue weighted by Crippen LogP contribution is -2.13. The topological polar surface area (TPSA) is 168 Å². The highest BCUT2D eigenvalue weighted by Gasteiger charge is 1.97. The van der Waals surface area contributed by atoms with Crippen LogP contribution >= 0.6 is 0 Å². The Bertz CT molecular complexity index is 856. The van der Waals surface area contributed by atoms with Gasteiger partial charge in [0.25, 0.3) is 0 Å². The fourth-order valence-corrected chi connectivity index (χ4v) is 4.10. The van der Waals surface area contributed by atoms with Gasteiger partial charge < -0.3 is 80.9 Å². The lowest BCUT2D eigenvalue weighted by atomic mass is 10.2. The van der Waals surface area contributed by atoms with Crippen molar-refractivity contribution < 1.29 is 80.9 Å². The van der Waals surface area contributed by atoms with Gasteiger partial charge in [-0.15, -0.1) is 0 Å². The van der Waals surface area contributed by atoms with E-state index in [4.69, 9.17) is 80.9 Å². The molecule has 0 rings (SSSR count). The molecule has 17 nitrogen and oxygen atoms in total. The molecule has 472 valence electrons. The van der Waals surface area contributed by atoms with Crippen LogP contribution in [0.4, 0.5) is 0 Å². The average molecular weight is 1120 g/mol. The standard InChI is InChI=1S/C10H22O4.C10H22O3.C8H18O3.C8H18O2.C7H16O.C6H14O2.C6H14O.C4H10O/c1-10(2)14-9-8-13-7-6-12-5-4-11-3;1-10(2)13-9-8-12-7-5-3-4-6-11;1-8(2)11-7-6-10-5-4-9-3;1-4-5-9-6-7-10-8(2)3;1-4-5-6-8-7(2)3;1-6(2)8-5-4-7-3;1-4-5-7-6(2)3;1-4(2)5-3/h10H,4-9H2,1-3H3;10-11H,3-9H2,1-2H3;8H,4-7H2,1-3H3;8H,4-7H2,1-3H3;7H,4-6H2,1-3H3;6H,4-5H2,1-3H3;6H,4-5H2,1-3H3;4H,1-3H3. The second kappa shape index (κ2) is 88.2. The van der Waals surface area contributed by atoms with Crippen LogP contribution in [0.2, 0.25) is 0 Å². The molecule has 0 saturated carbocycles. The minimum absolute atomic E-state index is 0.275. The fraction of sp³-hybridized carbons (Fsp3) is 1.00. The zero-order chi connectivity index (χ0) is 59.7. The van der Waals surface area contributed by atoms with E-state index < -0.39 is 0 Å². The number of rotatable bonds is 44. The molecule has 0 saturated heterocycles. The molecule has 0 aromatic heterocycles. The predicted molar refractivity (Wildman–Crippen MR) is 316 cm³/mol. The van der Waals surface area contributed by atoms with Crippen LogP contribution in [-0.2, 0) is 75.8 Å². The van der Waals surface area contributed by atoms with Crippen molar-refractivity contribution in [1.82, 2.24) is 0 Å². The number of hydrogen-bond donors (Lipinski definition) is 1. The molecular weight excluding hydrogens is 981 g/mol. The van der Waals surface area contributed by atoms with Crippen LogP contribution in [-0.4, -0.2) is 221 Å². The largest absolute Gasteiger partial charge is 0.396 e. The van der Waals surface area contributed by atoms with Crippen molar-refractivity contribution >= 4 is 0 Å². The molecule has 0 aromatic rings. The third-order valence-corrected chi connectivity index (χ3v) is 8.06. The van der Waals surface area contributed by atoms with Crippen LogP contribution in [0.25, 0.3) is 0 Å². The van der Waals surface area contributed by atoms with Crippen molar-refractivity contribution in [2.45, 2.75) is 225 Å². The van der Waals surface area contributed by atoms with Crippen LogP contribution in [0.5, 0.6) is 0 Å². The van der Waals surface area contributed by atoms with Crippen LogP contribution in [0.1, 0.15) is 176 Å². The predicted octanol–water partition coefficient (Wildman–Crippen LogP) is 11.7. The van der Waals surface area contributed by atoms with Crippen molar-refractivity contribution in [3.8, 4) is 0 Å². The van der Waals surface area contributed by atoms with Gasteiger partial charge in [0.2, 0.25) is 0 Å². The van der Waals surface area contributed by atoms with Gasteiger partial charge in [-0.1, -0.05) is 27.2 Å². The summed E-state index contributed by atoms with van der Waals surface area (Å²) in [6.45, 7) is 53.1. The Hall–Kier alpha value is -0.680. The summed E-state index contributed by atoms with van der Waals surface area (Å²) < 4.78 is 82.1. The first-order chi connectivity index (χ1) is 36.2. The summed E-state index contributed by atoms with van der Waals surface area (Å²) in [5.41, 5.74) is 0. The van der Waals surface area contributed by atoms with E-state index in [0.29, 0.717) is 129 Å². The summed E-state index contributed by atoms with van der Waals surface area (Å²) in [6, 6.07) is 0. The summed E-state index contributed by atoms with van der Waals surface area (Å²) in [4.78, 5) is 0. The Morgan fingerprint density at radius 1 is 0.237 bits per heavy atom. The minimum atomic E-state index is 0.275. The van der Waals surface area contributed by atoms with Crippen LogP contribution in [0.15, 0.2) is 0 Å². The van der Waals surface area contributed by atoms with Gasteiger partial charge in [0.15, 0.2) is 0 Å². The normalized spacial score (nSPS) is 10.7. The Balaban J connectivity index is -0.000000118. The van der Waals surface area contributed by atoms with Gasteiger partial charge in [-0.3, -0.25) is 0 Å². The smallest absolute Gasteiger partial charge is 0.0703 e. The number of methoxy groups -OCH3 is 4. The van der Waals surface area contributed by atoms with Gasteiger partial charge >= 0.3 is 0 Å². The molecule has 76 heavy (non-hydrogen) atoms. The number of unbranched alkanes of at least 4 members (excludes halogenated alkanes) is 3. The molecule has 0 unspecified atom stereocenters. The highest BCUT2D eigenvalue weighted by molar-refractivity contribution is 4.43. The summed E-state index contributed by atoms with van der Waals surface area (Å²) in [7, 11) is 6.69. The number of hydrogen-bond acceptors (Lipinski definition) is 17. The number of ether oxygens (including phenoxy) is 16. The molecule has 0 fully saturated rings. The van der Waals surface area contributed by atoms with Crippen LogP contribution in [0.3, 0.4) is 0 Å². The summed E-state index contributed by atoms with van der Waals surface area (Å²) >= 11 is 0. The first kappa shape index (κ1) is 91.8. The first-order valence-corrected chi connectivity index (χ1v) is 29.0. The maximum atomic E-state index is 8.51. The van der Waals surface area contributed by atoms with Gasteiger partial charge in [0.05, 0.1) is 155 Å². The highest BCUT2D eigenvalue weighted by Crippen LogP contribution is 1.96. The second-order valence-electron chi connectivity index (χ2n) is 18.9. The maximum Gasteiger partial charge on any atom is 0.0703 e. The summed E-state index contributed by atoms with van der Waals surface area (Å²) in [5, 5.41) is 8.51. The number of aliphatic hydroxyl groups is 1. The van der Waals surface area contributed by atoms with Crippen molar-refractivity contribution in [2.75, 3.05) is 167 Å². The fourth-order valence-electron chi connectivity index (χ4n) is 4.10. The molecule has 0 heterocycles. The number of aliphatic hydroxyl groups excluding tert-OH is 1. The SMILES string of the molecule is CC(C)OCCOCCCCCO.CCCCOC(C)C.CCCOC(C)C.CCCOCCOC(C)C.COC(C)C.COCCOC(C)C.COCCOCCOC(C)C.COCCOCCOCCOC(C)C. The highest BCUT2D eigenvalue weighted by atomic mass is 16.6. The molecule has 0 amide bonds. The lowest BCUT2D eigenvalue weighted by molar-refractivity contribution is -0.00820. The maximum absolute atomic E-state index is 8.51. The molecular formula is C59H134O17. The Kier molecular flexibility index (Phi) is 106. The van der Waals surface area contributed by atoms with Gasteiger partial charge in [0, 0.05) is 61.5 Å². The van der Waals surface area contributed by atoms with Gasteiger partial charge in [-0.25, -0.2) is 0 Å². The molecule has 17 heteroatoms. The van der Waals surface area contributed by atoms with Crippen molar-refractivity contribution in [1.29, 1.82) is 0 Å². The summed E-state index contributed by atoms with van der Waals surface area (Å²) in [6.07, 6.45) is 10.3. The lowest BCUT2D eigenvalue weighted by Gasteiger charge is -2.08. The van der Waals surface area contributed by atoms with Crippen LogP contribution < -0.4 is 0 Å². The monoisotopic (exact) mass is 1110 g/mol. The quantitative estimate of drug-likeness (QED) is 0.0572. The van der Waals surface area contributed by atoms with Gasteiger partial charge in [-0.2, -0.15) is 0 Å². The molecule has 0 radical (unpaired) electrons. The Morgan fingerprint density at radius 3 is 0.750 bits per heavy atom. The van der Waals surface area contributed by atoms with E-state index in [-0.39, 0.29) is 18.8 Å². The molecule has 0 aliphatic carbocycles. The van der Waals surface area contributed by atoms with E-state index in [1.807, 2.05) is 83.1 Å². The minimum Gasteiger partial charge on any atom is -0.396 e. The van der Waals surface area contributed by atoms with E-state index in [2.05, 4.69) is 48.5 Å². The van der Waals surface area contributed by atoms with E-state index >= 15 is 0 Å². The van der Waals surface area contributed by atoms with Gasteiger partial charge in [0.1, 0.15) is 0 Å². The van der Waals surface area contributed by atoms with Gasteiger partial charge in [-0.05, 0) is 149 Å². The second-order valence-corrected chi connectivity index (χ2v) is 18.9. The third kappa shape index (κ3) is 146. The van der Waals surface area contributed by atoms with Crippen molar-refractivity contribution in [2.24, 2.45) is 0 Å². The first-order valence-electron chi connectivity index (χ1n) is 29.0. The molecule has 0 aromatic carbocycles. The molecule has 0 aliphatic heterocycles. The average Bonchev–Trinajstić information content (AvgIpc) is 3.35. The van der Waals surface area contributed by atoms with E-state index in [1.54, 1.807) is 28.4 Å². The molecule has 0 atom stereocenters.